The topological polar surface area (TPSA) is 82.6 Å². The van der Waals surface area contributed by atoms with Crippen LogP contribution in [0.25, 0.3) is 11.3 Å². The molecule has 2 aromatic rings. The number of carbonyl (C=O) groups is 3. The number of nitrogens with one attached hydrogen (secondary N) is 1. The summed E-state index contributed by atoms with van der Waals surface area (Å²) in [6.45, 7) is 7.55. The van der Waals surface area contributed by atoms with Crippen LogP contribution in [0.4, 0.5) is 5.13 Å². The summed E-state index contributed by atoms with van der Waals surface area (Å²) in [7, 11) is 0. The molecule has 0 bridgehead atoms. The summed E-state index contributed by atoms with van der Waals surface area (Å²) >= 11 is 1.42. The monoisotopic (exact) mass is 454 g/mol. The highest BCUT2D eigenvalue weighted by atomic mass is 32.1. The molecule has 2 saturated heterocycles. The van der Waals surface area contributed by atoms with Crippen LogP contribution in [0.2, 0.25) is 0 Å². The molecule has 1 aromatic heterocycles. The number of nitrogens with zero attached hydrogens (tertiary/aromatic N) is 3. The number of anilines is 1. The minimum absolute atomic E-state index is 0.0383. The normalized spacial score (nSPS) is 20.0. The van der Waals surface area contributed by atoms with Crippen LogP contribution in [-0.4, -0.2) is 57.7 Å². The van der Waals surface area contributed by atoms with Gasteiger partial charge in [0.25, 0.3) is 0 Å². The van der Waals surface area contributed by atoms with Gasteiger partial charge in [-0.25, -0.2) is 4.98 Å². The summed E-state index contributed by atoms with van der Waals surface area (Å²) in [4.78, 5) is 46.2. The lowest BCUT2D eigenvalue weighted by Gasteiger charge is -2.34. The van der Waals surface area contributed by atoms with E-state index in [4.69, 9.17) is 0 Å². The summed E-state index contributed by atoms with van der Waals surface area (Å²) in [5, 5.41) is 5.48. The molecule has 0 spiro atoms. The van der Waals surface area contributed by atoms with E-state index < -0.39 is 0 Å². The molecule has 7 nitrogen and oxygen atoms in total. The highest BCUT2D eigenvalue weighted by Gasteiger charge is 2.41. The molecule has 4 rings (SSSR count). The number of amides is 3. The molecule has 1 aromatic carbocycles. The second kappa shape index (κ2) is 9.02. The Balaban J connectivity index is 1.28. The van der Waals surface area contributed by atoms with Crippen LogP contribution in [0, 0.1) is 11.8 Å². The van der Waals surface area contributed by atoms with Gasteiger partial charge >= 0.3 is 0 Å². The fourth-order valence-corrected chi connectivity index (χ4v) is 5.14. The lowest BCUT2D eigenvalue weighted by atomic mass is 9.94. The molecule has 1 atom stereocenters. The molecule has 2 aliphatic heterocycles. The van der Waals surface area contributed by atoms with E-state index >= 15 is 0 Å². The van der Waals surface area contributed by atoms with Crippen molar-refractivity contribution in [3.63, 3.8) is 0 Å². The van der Waals surface area contributed by atoms with Crippen molar-refractivity contribution in [2.75, 3.05) is 25.0 Å². The maximum absolute atomic E-state index is 13.0. The average molecular weight is 455 g/mol. The first-order valence-corrected chi connectivity index (χ1v) is 12.0. The number of thiazole rings is 1. The number of hydrogen-bond acceptors (Lipinski definition) is 5. The highest BCUT2D eigenvalue weighted by Crippen LogP contribution is 2.29. The van der Waals surface area contributed by atoms with E-state index in [0.29, 0.717) is 37.6 Å². The van der Waals surface area contributed by atoms with Crippen molar-refractivity contribution in [2.24, 2.45) is 11.8 Å². The summed E-state index contributed by atoms with van der Waals surface area (Å²) < 4.78 is 0. The molecular weight excluding hydrogens is 424 g/mol. The Hall–Kier alpha value is -2.74. The minimum atomic E-state index is -0.279. The van der Waals surface area contributed by atoms with Gasteiger partial charge in [0.1, 0.15) is 0 Å². The molecule has 0 aliphatic carbocycles. The molecular formula is C24H30N4O3S. The number of piperidine rings is 1. The summed E-state index contributed by atoms with van der Waals surface area (Å²) in [5.74, 6) is -0.376. The van der Waals surface area contributed by atoms with Gasteiger partial charge in [-0.2, -0.15) is 0 Å². The van der Waals surface area contributed by atoms with Crippen molar-refractivity contribution in [2.45, 2.75) is 45.6 Å². The fourth-order valence-electron chi connectivity index (χ4n) is 4.42. The van der Waals surface area contributed by atoms with Crippen LogP contribution in [0.5, 0.6) is 0 Å². The van der Waals surface area contributed by atoms with E-state index in [1.165, 1.54) is 11.3 Å². The van der Waals surface area contributed by atoms with Crippen LogP contribution in [0.15, 0.2) is 35.7 Å². The Morgan fingerprint density at radius 1 is 1.09 bits per heavy atom. The van der Waals surface area contributed by atoms with Crippen molar-refractivity contribution in [1.82, 2.24) is 14.8 Å². The lowest BCUT2D eigenvalue weighted by molar-refractivity contribution is -0.138. The number of aromatic nitrogens is 1. The van der Waals surface area contributed by atoms with Crippen molar-refractivity contribution < 1.29 is 14.4 Å². The third-order valence-electron chi connectivity index (χ3n) is 6.27. The molecule has 170 valence electrons. The third-order valence-corrected chi connectivity index (χ3v) is 7.02. The van der Waals surface area contributed by atoms with Crippen molar-refractivity contribution >= 4 is 34.2 Å². The van der Waals surface area contributed by atoms with Gasteiger partial charge < -0.3 is 15.1 Å². The molecule has 32 heavy (non-hydrogen) atoms. The maximum Gasteiger partial charge on any atom is 0.229 e. The summed E-state index contributed by atoms with van der Waals surface area (Å²) in [6.07, 6.45) is 1.53. The van der Waals surface area contributed by atoms with Gasteiger partial charge in [0.05, 0.1) is 11.6 Å². The third kappa shape index (κ3) is 4.85. The zero-order valence-corrected chi connectivity index (χ0v) is 19.7. The van der Waals surface area contributed by atoms with Crippen molar-refractivity contribution in [3.05, 3.63) is 35.7 Å². The number of benzene rings is 1. The van der Waals surface area contributed by atoms with Crippen LogP contribution in [0.1, 0.15) is 40.0 Å². The van der Waals surface area contributed by atoms with Crippen LogP contribution < -0.4 is 5.32 Å². The largest absolute Gasteiger partial charge is 0.342 e. The Morgan fingerprint density at radius 3 is 2.41 bits per heavy atom. The number of hydrogen-bond donors (Lipinski definition) is 1. The van der Waals surface area contributed by atoms with E-state index in [9.17, 15) is 14.4 Å². The second-order valence-corrected chi connectivity index (χ2v) is 10.4. The molecule has 2 fully saturated rings. The molecule has 8 heteroatoms. The summed E-state index contributed by atoms with van der Waals surface area (Å²) in [5.41, 5.74) is 1.60. The van der Waals surface area contributed by atoms with Gasteiger partial charge in [0.2, 0.25) is 17.7 Å². The van der Waals surface area contributed by atoms with Gasteiger partial charge in [0.15, 0.2) is 5.13 Å². The predicted octanol–water partition coefficient (Wildman–Crippen LogP) is 3.63. The number of carbonyl (C=O) groups excluding carboxylic acids is 3. The number of likely N-dealkylation sites (tertiary alicyclic amines) is 2. The van der Waals surface area contributed by atoms with Crippen LogP contribution in [0.3, 0.4) is 0 Å². The average Bonchev–Trinajstić information content (AvgIpc) is 3.40. The first-order chi connectivity index (χ1) is 15.2. The van der Waals surface area contributed by atoms with Gasteiger partial charge in [0, 0.05) is 48.5 Å². The fraction of sp³-hybridized carbons (Fsp3) is 0.500. The van der Waals surface area contributed by atoms with Crippen molar-refractivity contribution in [1.29, 1.82) is 0 Å². The molecule has 1 N–H and O–H groups in total. The van der Waals surface area contributed by atoms with Crippen molar-refractivity contribution in [3.8, 4) is 11.3 Å². The molecule has 1 unspecified atom stereocenters. The maximum atomic E-state index is 13.0. The van der Waals surface area contributed by atoms with E-state index in [2.05, 4.69) is 10.3 Å². The minimum Gasteiger partial charge on any atom is -0.342 e. The van der Waals surface area contributed by atoms with E-state index in [1.54, 1.807) is 4.90 Å². The highest BCUT2D eigenvalue weighted by molar-refractivity contribution is 7.14. The second-order valence-electron chi connectivity index (χ2n) is 9.57. The lowest BCUT2D eigenvalue weighted by Crippen LogP contribution is -2.46. The van der Waals surface area contributed by atoms with Gasteiger partial charge in [-0.3, -0.25) is 14.4 Å². The zero-order chi connectivity index (χ0) is 22.9. The standard InChI is InChI=1S/C24H30N4O3S/c1-24(2,3)28-14-18(13-20(28)29)22(31)27-11-9-17(10-12-27)21(30)26-23-25-19(15-32-23)16-7-5-4-6-8-16/h4-8,15,17-18H,9-14H2,1-3H3,(H,25,26,30). The van der Waals surface area contributed by atoms with Gasteiger partial charge in [-0.15, -0.1) is 11.3 Å². The van der Waals surface area contributed by atoms with E-state index in [1.807, 2.05) is 61.4 Å². The Morgan fingerprint density at radius 2 is 1.78 bits per heavy atom. The quantitative estimate of drug-likeness (QED) is 0.765. The first kappa shape index (κ1) is 22.5. The summed E-state index contributed by atoms with van der Waals surface area (Å²) in [6, 6.07) is 9.87. The Kier molecular flexibility index (Phi) is 6.33. The molecule has 2 aliphatic rings. The number of rotatable bonds is 4. The van der Waals surface area contributed by atoms with E-state index in [0.717, 1.165) is 11.3 Å². The Bertz CT molecular complexity index is 990. The molecule has 3 heterocycles. The first-order valence-electron chi connectivity index (χ1n) is 11.1. The molecule has 0 radical (unpaired) electrons. The van der Waals surface area contributed by atoms with Crippen LogP contribution >= 0.6 is 11.3 Å². The smallest absolute Gasteiger partial charge is 0.229 e. The van der Waals surface area contributed by atoms with E-state index in [-0.39, 0.29) is 41.5 Å². The molecule has 3 amide bonds. The predicted molar refractivity (Wildman–Crippen MR) is 125 cm³/mol. The molecule has 0 saturated carbocycles. The van der Waals surface area contributed by atoms with Gasteiger partial charge in [-0.05, 0) is 33.6 Å². The SMILES string of the molecule is CC(C)(C)N1CC(C(=O)N2CCC(C(=O)Nc3nc(-c4ccccc4)cs3)CC2)CC1=O. The van der Waals surface area contributed by atoms with Crippen LogP contribution in [-0.2, 0) is 14.4 Å². The van der Waals surface area contributed by atoms with Gasteiger partial charge in [-0.1, -0.05) is 30.3 Å². The zero-order valence-electron chi connectivity index (χ0n) is 18.8. The Labute approximate surface area is 192 Å².